The van der Waals surface area contributed by atoms with Crippen molar-refractivity contribution < 1.29 is 14.3 Å². The fourth-order valence-electron chi connectivity index (χ4n) is 3.09. The second-order valence-electron chi connectivity index (χ2n) is 6.21. The van der Waals surface area contributed by atoms with E-state index in [-0.39, 0.29) is 12.0 Å². The summed E-state index contributed by atoms with van der Waals surface area (Å²) >= 11 is 0. The minimum Gasteiger partial charge on any atom is -0.497 e. The molecule has 1 N–H and O–H groups in total. The number of aromatic nitrogens is 2. The SMILES string of the molecule is CCCc1c(C(=O)NC[C@@H]2CCCO2)cnn1-c1ccc(OC)cc1. The molecule has 1 fully saturated rings. The first-order chi connectivity index (χ1) is 12.2. The lowest BCUT2D eigenvalue weighted by atomic mass is 10.1. The van der Waals surface area contributed by atoms with Crippen molar-refractivity contribution in [1.29, 1.82) is 0 Å². The lowest BCUT2D eigenvalue weighted by Gasteiger charge is -2.12. The molecular weight excluding hydrogens is 318 g/mol. The molecule has 134 valence electrons. The first kappa shape index (κ1) is 17.5. The van der Waals surface area contributed by atoms with Gasteiger partial charge in [-0.2, -0.15) is 5.10 Å². The van der Waals surface area contributed by atoms with Crippen LogP contribution in [0.2, 0.25) is 0 Å². The van der Waals surface area contributed by atoms with Gasteiger partial charge in [0.1, 0.15) is 5.75 Å². The highest BCUT2D eigenvalue weighted by molar-refractivity contribution is 5.95. The largest absolute Gasteiger partial charge is 0.497 e. The minimum atomic E-state index is -0.0845. The summed E-state index contributed by atoms with van der Waals surface area (Å²) in [6.45, 7) is 3.44. The summed E-state index contributed by atoms with van der Waals surface area (Å²) in [7, 11) is 1.64. The van der Waals surface area contributed by atoms with Crippen LogP contribution in [0.15, 0.2) is 30.5 Å². The van der Waals surface area contributed by atoms with E-state index in [9.17, 15) is 4.79 Å². The highest BCUT2D eigenvalue weighted by atomic mass is 16.5. The first-order valence-corrected chi connectivity index (χ1v) is 8.84. The molecule has 1 saturated heterocycles. The minimum absolute atomic E-state index is 0.0845. The zero-order chi connectivity index (χ0) is 17.6. The number of carbonyl (C=O) groups excluding carboxylic acids is 1. The molecule has 25 heavy (non-hydrogen) atoms. The molecule has 0 bridgehead atoms. The van der Waals surface area contributed by atoms with Gasteiger partial charge >= 0.3 is 0 Å². The molecule has 1 atom stereocenters. The molecular formula is C19H25N3O3. The molecule has 1 aromatic heterocycles. The number of nitrogens with one attached hydrogen (secondary N) is 1. The second kappa shape index (κ2) is 8.16. The Morgan fingerprint density at radius 1 is 1.40 bits per heavy atom. The Labute approximate surface area is 148 Å². The molecule has 0 aliphatic carbocycles. The molecule has 6 heteroatoms. The number of amides is 1. The molecule has 1 amide bonds. The molecule has 1 aliphatic rings. The van der Waals surface area contributed by atoms with Crippen LogP contribution < -0.4 is 10.1 Å². The topological polar surface area (TPSA) is 65.4 Å². The summed E-state index contributed by atoms with van der Waals surface area (Å²) in [5.41, 5.74) is 2.48. The van der Waals surface area contributed by atoms with Crippen molar-refractivity contribution in [2.75, 3.05) is 20.3 Å². The molecule has 0 spiro atoms. The van der Waals surface area contributed by atoms with E-state index >= 15 is 0 Å². The van der Waals surface area contributed by atoms with Gasteiger partial charge in [0, 0.05) is 13.2 Å². The van der Waals surface area contributed by atoms with Crippen LogP contribution in [0.25, 0.3) is 5.69 Å². The van der Waals surface area contributed by atoms with Gasteiger partial charge in [-0.3, -0.25) is 4.79 Å². The van der Waals surface area contributed by atoms with Crippen LogP contribution in [0.3, 0.4) is 0 Å². The van der Waals surface area contributed by atoms with Crippen molar-refractivity contribution in [2.24, 2.45) is 0 Å². The van der Waals surface area contributed by atoms with E-state index in [2.05, 4.69) is 17.3 Å². The number of ether oxygens (including phenoxy) is 2. The van der Waals surface area contributed by atoms with E-state index in [4.69, 9.17) is 9.47 Å². The predicted molar refractivity (Wildman–Crippen MR) is 95.4 cm³/mol. The summed E-state index contributed by atoms with van der Waals surface area (Å²) in [5, 5.41) is 7.43. The van der Waals surface area contributed by atoms with Gasteiger partial charge in [0.05, 0.1) is 36.4 Å². The average Bonchev–Trinajstić information content (AvgIpc) is 3.30. The molecule has 0 unspecified atom stereocenters. The molecule has 1 aliphatic heterocycles. The van der Waals surface area contributed by atoms with Gasteiger partial charge < -0.3 is 14.8 Å². The van der Waals surface area contributed by atoms with Crippen LogP contribution in [-0.2, 0) is 11.2 Å². The van der Waals surface area contributed by atoms with Crippen LogP contribution in [-0.4, -0.2) is 42.1 Å². The normalized spacial score (nSPS) is 16.8. The van der Waals surface area contributed by atoms with E-state index < -0.39 is 0 Å². The van der Waals surface area contributed by atoms with Crippen LogP contribution in [0.5, 0.6) is 5.75 Å². The molecule has 1 aromatic carbocycles. The number of benzene rings is 1. The Kier molecular flexibility index (Phi) is 5.71. The van der Waals surface area contributed by atoms with Gasteiger partial charge in [-0.05, 0) is 43.5 Å². The Morgan fingerprint density at radius 3 is 2.84 bits per heavy atom. The van der Waals surface area contributed by atoms with Crippen LogP contribution in [0.1, 0.15) is 42.2 Å². The number of hydrogen-bond acceptors (Lipinski definition) is 4. The zero-order valence-corrected chi connectivity index (χ0v) is 14.8. The molecule has 2 heterocycles. The highest BCUT2D eigenvalue weighted by Gasteiger charge is 2.20. The van der Waals surface area contributed by atoms with Crippen molar-refractivity contribution >= 4 is 5.91 Å². The number of nitrogens with zero attached hydrogens (tertiary/aromatic N) is 2. The Morgan fingerprint density at radius 2 is 2.20 bits per heavy atom. The summed E-state index contributed by atoms with van der Waals surface area (Å²) in [6, 6.07) is 7.67. The number of rotatable bonds is 7. The smallest absolute Gasteiger partial charge is 0.254 e. The van der Waals surface area contributed by atoms with E-state index in [0.29, 0.717) is 12.1 Å². The maximum absolute atomic E-state index is 12.6. The fraction of sp³-hybridized carbons (Fsp3) is 0.474. The first-order valence-electron chi connectivity index (χ1n) is 8.84. The van der Waals surface area contributed by atoms with Crippen molar-refractivity contribution in [3.8, 4) is 11.4 Å². The maximum atomic E-state index is 12.6. The monoisotopic (exact) mass is 343 g/mol. The van der Waals surface area contributed by atoms with Crippen LogP contribution in [0.4, 0.5) is 0 Å². The van der Waals surface area contributed by atoms with E-state index in [1.807, 2.05) is 28.9 Å². The van der Waals surface area contributed by atoms with Gasteiger partial charge in [0.2, 0.25) is 0 Å². The fourth-order valence-corrected chi connectivity index (χ4v) is 3.09. The Balaban J connectivity index is 1.79. The van der Waals surface area contributed by atoms with Gasteiger partial charge in [-0.15, -0.1) is 0 Å². The van der Waals surface area contributed by atoms with Gasteiger partial charge in [0.25, 0.3) is 5.91 Å². The lowest BCUT2D eigenvalue weighted by Crippen LogP contribution is -2.32. The Bertz CT molecular complexity index is 703. The molecule has 6 nitrogen and oxygen atoms in total. The summed E-state index contributed by atoms with van der Waals surface area (Å²) in [6.07, 6.45) is 5.59. The van der Waals surface area contributed by atoms with Crippen molar-refractivity contribution in [3.05, 3.63) is 41.7 Å². The third-order valence-electron chi connectivity index (χ3n) is 4.43. The van der Waals surface area contributed by atoms with E-state index in [0.717, 1.165) is 49.4 Å². The van der Waals surface area contributed by atoms with E-state index in [1.165, 1.54) is 0 Å². The van der Waals surface area contributed by atoms with E-state index in [1.54, 1.807) is 13.3 Å². The summed E-state index contributed by atoms with van der Waals surface area (Å²) in [5.74, 6) is 0.709. The molecule has 2 aromatic rings. The molecule has 0 saturated carbocycles. The number of methoxy groups -OCH3 is 1. The predicted octanol–water partition coefficient (Wildman–Crippen LogP) is 2.74. The molecule has 3 rings (SSSR count). The van der Waals surface area contributed by atoms with Gasteiger partial charge in [-0.1, -0.05) is 13.3 Å². The average molecular weight is 343 g/mol. The van der Waals surface area contributed by atoms with Crippen LogP contribution in [0, 0.1) is 0 Å². The van der Waals surface area contributed by atoms with Crippen molar-refractivity contribution in [1.82, 2.24) is 15.1 Å². The van der Waals surface area contributed by atoms with Gasteiger partial charge in [-0.25, -0.2) is 4.68 Å². The number of carbonyl (C=O) groups is 1. The number of hydrogen-bond donors (Lipinski definition) is 1. The quantitative estimate of drug-likeness (QED) is 0.839. The van der Waals surface area contributed by atoms with Crippen molar-refractivity contribution in [2.45, 2.75) is 38.7 Å². The van der Waals surface area contributed by atoms with Crippen LogP contribution >= 0.6 is 0 Å². The third-order valence-corrected chi connectivity index (χ3v) is 4.43. The maximum Gasteiger partial charge on any atom is 0.254 e. The second-order valence-corrected chi connectivity index (χ2v) is 6.21. The summed E-state index contributed by atoms with van der Waals surface area (Å²) < 4.78 is 12.6. The summed E-state index contributed by atoms with van der Waals surface area (Å²) in [4.78, 5) is 12.6. The standard InChI is InChI=1S/C19H25N3O3/c1-3-5-18-17(19(23)20-12-16-6-4-11-25-16)13-21-22(18)14-7-9-15(24-2)10-8-14/h7-10,13,16H,3-6,11-12H2,1-2H3,(H,20,23)/t16-/m0/s1. The zero-order valence-electron chi connectivity index (χ0n) is 14.8. The highest BCUT2D eigenvalue weighted by Crippen LogP contribution is 2.20. The van der Waals surface area contributed by atoms with Gasteiger partial charge in [0.15, 0.2) is 0 Å². The molecule has 0 radical (unpaired) electrons. The lowest BCUT2D eigenvalue weighted by molar-refractivity contribution is 0.0857. The van der Waals surface area contributed by atoms with Crippen molar-refractivity contribution in [3.63, 3.8) is 0 Å². The third kappa shape index (κ3) is 4.02. The Hall–Kier alpha value is -2.34.